The van der Waals surface area contributed by atoms with Crippen molar-refractivity contribution in [2.24, 2.45) is 33.7 Å². The number of primary amides is 1. The van der Waals surface area contributed by atoms with Crippen molar-refractivity contribution in [2.75, 3.05) is 13.1 Å². The van der Waals surface area contributed by atoms with Crippen LogP contribution >= 0.6 is 0 Å². The predicted octanol–water partition coefficient (Wildman–Crippen LogP) is -0.756. The van der Waals surface area contributed by atoms with Crippen LogP contribution in [0.2, 0.25) is 0 Å². The van der Waals surface area contributed by atoms with Gasteiger partial charge in [-0.3, -0.25) is 24.2 Å². The van der Waals surface area contributed by atoms with Gasteiger partial charge in [0, 0.05) is 19.4 Å². The Morgan fingerprint density at radius 2 is 1.37 bits per heavy atom. The van der Waals surface area contributed by atoms with Crippen molar-refractivity contribution in [1.29, 1.82) is 0 Å². The number of phenols is 1. The summed E-state index contributed by atoms with van der Waals surface area (Å²) in [7, 11) is 0. The molecule has 0 aliphatic rings. The lowest BCUT2D eigenvalue weighted by Crippen LogP contribution is -2.58. The fraction of sp³-hybridized carbons (Fsp3) is 0.469. The number of nitrogens with two attached hydrogens (primary N) is 5. The van der Waals surface area contributed by atoms with Gasteiger partial charge in [0.1, 0.15) is 23.9 Å². The number of unbranched alkanes of at least 4 members (excludes halogenated alkanes) is 1. The van der Waals surface area contributed by atoms with Gasteiger partial charge in [-0.05, 0) is 86.9 Å². The van der Waals surface area contributed by atoms with Crippen LogP contribution in [0.3, 0.4) is 0 Å². The van der Waals surface area contributed by atoms with Gasteiger partial charge in [-0.2, -0.15) is 0 Å². The lowest BCUT2D eigenvalue weighted by atomic mass is 9.95. The summed E-state index contributed by atoms with van der Waals surface area (Å²) in [6.07, 6.45) is 2.27. The maximum atomic E-state index is 13.8. The van der Waals surface area contributed by atoms with Crippen molar-refractivity contribution < 1.29 is 24.3 Å². The minimum Gasteiger partial charge on any atom is -0.508 e. The number of aliphatic imine (C=N–C) groups is 1. The number of carbonyl (C=O) groups is 4. The fourth-order valence-corrected chi connectivity index (χ4v) is 5.01. The molecule has 0 fully saturated rings. The summed E-state index contributed by atoms with van der Waals surface area (Å²) in [5.41, 5.74) is 31.1. The molecule has 0 heterocycles. The van der Waals surface area contributed by atoms with Gasteiger partial charge >= 0.3 is 0 Å². The number of carbonyl (C=O) groups excluding carboxylic acids is 4. The second kappa shape index (κ2) is 19.0. The quantitative estimate of drug-likeness (QED) is 0.0530. The van der Waals surface area contributed by atoms with Crippen molar-refractivity contribution in [2.45, 2.75) is 83.0 Å². The summed E-state index contributed by atoms with van der Waals surface area (Å²) >= 11 is 0. The van der Waals surface area contributed by atoms with E-state index in [1.807, 2.05) is 30.3 Å². The third-order valence-electron chi connectivity index (χ3n) is 7.55. The fourth-order valence-electron chi connectivity index (χ4n) is 5.01. The zero-order valence-electron chi connectivity index (χ0n) is 26.6. The maximum absolute atomic E-state index is 13.8. The highest BCUT2D eigenvalue weighted by Gasteiger charge is 2.30. The molecule has 4 atom stereocenters. The van der Waals surface area contributed by atoms with E-state index in [2.05, 4.69) is 20.9 Å². The Labute approximate surface area is 269 Å². The van der Waals surface area contributed by atoms with Crippen molar-refractivity contribution >= 4 is 29.6 Å². The average molecular weight is 640 g/mol. The molecule has 14 heteroatoms. The van der Waals surface area contributed by atoms with Gasteiger partial charge < -0.3 is 49.7 Å². The smallest absolute Gasteiger partial charge is 0.243 e. The van der Waals surface area contributed by atoms with Crippen LogP contribution < -0.4 is 44.6 Å². The second-order valence-electron chi connectivity index (χ2n) is 11.4. The Morgan fingerprint density at radius 3 is 1.96 bits per heavy atom. The number of phenolic OH excluding ortho intramolecular Hbond substituents is 1. The summed E-state index contributed by atoms with van der Waals surface area (Å²) in [4.78, 5) is 56.6. The Morgan fingerprint density at radius 1 is 0.783 bits per heavy atom. The minimum atomic E-state index is -1.13. The number of amides is 4. The molecule has 2 aromatic rings. The predicted molar refractivity (Wildman–Crippen MR) is 177 cm³/mol. The first-order valence-electron chi connectivity index (χ1n) is 15.4. The van der Waals surface area contributed by atoms with Gasteiger partial charge in [0.2, 0.25) is 23.6 Å². The molecule has 0 saturated heterocycles. The number of guanidine groups is 1. The second-order valence-corrected chi connectivity index (χ2v) is 11.4. The molecule has 0 unspecified atom stereocenters. The number of hydrogen-bond acceptors (Lipinski definition) is 8. The number of aromatic hydroxyl groups is 1. The van der Waals surface area contributed by atoms with Gasteiger partial charge in [-0.25, -0.2) is 0 Å². The van der Waals surface area contributed by atoms with E-state index in [4.69, 9.17) is 28.7 Å². The van der Waals surface area contributed by atoms with Crippen LogP contribution in [-0.2, 0) is 32.0 Å². The number of nitrogens with zero attached hydrogens (tertiary/aromatic N) is 1. The highest BCUT2D eigenvalue weighted by Crippen LogP contribution is 2.22. The third kappa shape index (κ3) is 12.7. The molecule has 2 aromatic carbocycles. The highest BCUT2D eigenvalue weighted by atomic mass is 16.3. The maximum Gasteiger partial charge on any atom is 0.243 e. The lowest BCUT2D eigenvalue weighted by molar-refractivity contribution is -0.133. The lowest BCUT2D eigenvalue weighted by Gasteiger charge is -2.26. The largest absolute Gasteiger partial charge is 0.508 e. The molecule has 2 rings (SSSR count). The zero-order valence-corrected chi connectivity index (χ0v) is 26.6. The number of aryl methyl sites for hydroxylation is 2. The van der Waals surface area contributed by atoms with E-state index in [1.165, 1.54) is 0 Å². The molecule has 252 valence electrons. The SMILES string of the molecule is Cc1cc(O)cc(C)c1C[C@H](NC(=O)[C@H](N)CCCN=C(N)N)C(=O)N[C@H](CCCCN)C(=O)N[C@H](Cc1ccccc1)C(N)=O. The molecule has 14 nitrogen and oxygen atoms in total. The van der Waals surface area contributed by atoms with Crippen LogP contribution in [0.25, 0.3) is 0 Å². The molecule has 0 aliphatic heterocycles. The number of benzene rings is 2. The molecule has 0 bridgehead atoms. The summed E-state index contributed by atoms with van der Waals surface area (Å²) in [6, 6.07) is 8.07. The molecule has 0 spiro atoms. The van der Waals surface area contributed by atoms with Crippen molar-refractivity contribution in [1.82, 2.24) is 16.0 Å². The molecular formula is C32H49N9O5. The number of hydrogen-bond donors (Lipinski definition) is 9. The van der Waals surface area contributed by atoms with E-state index < -0.39 is 47.8 Å². The summed E-state index contributed by atoms with van der Waals surface area (Å²) in [5, 5.41) is 18.2. The van der Waals surface area contributed by atoms with Crippen LogP contribution in [0.4, 0.5) is 0 Å². The van der Waals surface area contributed by atoms with Gasteiger partial charge in [-0.15, -0.1) is 0 Å². The normalized spacial score (nSPS) is 13.5. The Bertz CT molecular complexity index is 1330. The number of rotatable bonds is 19. The van der Waals surface area contributed by atoms with Crippen LogP contribution in [0.15, 0.2) is 47.5 Å². The molecule has 4 amide bonds. The van der Waals surface area contributed by atoms with E-state index in [-0.39, 0.29) is 43.9 Å². The topological polar surface area (TPSA) is 267 Å². The summed E-state index contributed by atoms with van der Waals surface area (Å²) < 4.78 is 0. The first kappa shape index (κ1) is 37.5. The van der Waals surface area contributed by atoms with Gasteiger partial charge in [-0.1, -0.05) is 30.3 Å². The molecule has 0 radical (unpaired) electrons. The molecule has 46 heavy (non-hydrogen) atoms. The number of nitrogens with one attached hydrogen (secondary N) is 3. The first-order valence-corrected chi connectivity index (χ1v) is 15.4. The Hall–Kier alpha value is -4.69. The van der Waals surface area contributed by atoms with E-state index in [9.17, 15) is 24.3 Å². The van der Waals surface area contributed by atoms with Gasteiger partial charge in [0.25, 0.3) is 0 Å². The van der Waals surface area contributed by atoms with Crippen LogP contribution in [0, 0.1) is 13.8 Å². The van der Waals surface area contributed by atoms with E-state index in [0.29, 0.717) is 36.9 Å². The highest BCUT2D eigenvalue weighted by molar-refractivity contribution is 5.94. The molecule has 14 N–H and O–H groups in total. The monoisotopic (exact) mass is 639 g/mol. The van der Waals surface area contributed by atoms with Gasteiger partial charge in [0.15, 0.2) is 5.96 Å². The first-order chi connectivity index (χ1) is 21.8. The van der Waals surface area contributed by atoms with E-state index in [1.54, 1.807) is 26.0 Å². The molecule has 0 aliphatic carbocycles. The Balaban J connectivity index is 2.30. The van der Waals surface area contributed by atoms with Crippen molar-refractivity contribution in [3.8, 4) is 5.75 Å². The van der Waals surface area contributed by atoms with Crippen LogP contribution in [0.1, 0.15) is 54.4 Å². The van der Waals surface area contributed by atoms with Crippen molar-refractivity contribution in [3.63, 3.8) is 0 Å². The molecule has 0 saturated carbocycles. The van der Waals surface area contributed by atoms with Crippen LogP contribution in [0.5, 0.6) is 5.75 Å². The third-order valence-corrected chi connectivity index (χ3v) is 7.55. The molecule has 0 aromatic heterocycles. The Kier molecular flexibility index (Phi) is 15.5. The minimum absolute atomic E-state index is 0.0608. The standard InChI is InChI=1S/C32H49N9O5/c1-19-15-22(42)16-20(2)23(19)18-27(41-29(44)24(34)11-8-14-38-32(36)37)31(46)39-25(12-6-7-13-33)30(45)40-26(28(35)43)17-21-9-4-3-5-10-21/h3-5,9-10,15-16,24-27,42H,6-8,11-14,17-18,33-34H2,1-2H3,(H2,35,43)(H,39,46)(H,40,45)(H,41,44)(H4,36,37,38)/t24-,25-,26-,27+/m1/s1. The van der Waals surface area contributed by atoms with E-state index in [0.717, 1.165) is 11.1 Å². The van der Waals surface area contributed by atoms with Crippen molar-refractivity contribution in [3.05, 3.63) is 64.7 Å². The summed E-state index contributed by atoms with van der Waals surface area (Å²) in [6.45, 7) is 4.25. The zero-order chi connectivity index (χ0) is 34.2. The average Bonchev–Trinajstić information content (AvgIpc) is 2.99. The van der Waals surface area contributed by atoms with E-state index >= 15 is 0 Å². The summed E-state index contributed by atoms with van der Waals surface area (Å²) in [5.74, 6) is -2.51. The molecular weight excluding hydrogens is 590 g/mol. The van der Waals surface area contributed by atoms with Crippen LogP contribution in [-0.4, -0.2) is 72.0 Å². The van der Waals surface area contributed by atoms with Gasteiger partial charge in [0.05, 0.1) is 6.04 Å².